The van der Waals surface area contributed by atoms with Crippen molar-refractivity contribution in [2.75, 3.05) is 25.0 Å². The fourth-order valence-corrected chi connectivity index (χ4v) is 3.29. The zero-order chi connectivity index (χ0) is 20.9. The highest BCUT2D eigenvalue weighted by atomic mass is 19.1. The molecule has 154 valence electrons. The number of benzene rings is 1. The van der Waals surface area contributed by atoms with E-state index >= 15 is 0 Å². The van der Waals surface area contributed by atoms with Gasteiger partial charge in [-0.05, 0) is 36.8 Å². The largest absolute Gasteiger partial charge is 0.486 e. The van der Waals surface area contributed by atoms with Crippen LogP contribution in [0.5, 0.6) is 5.75 Å². The summed E-state index contributed by atoms with van der Waals surface area (Å²) in [5, 5.41) is 3.35. The zero-order valence-electron chi connectivity index (χ0n) is 16.2. The topological polar surface area (TPSA) is 96.0 Å². The number of hydrogen-bond acceptors (Lipinski definition) is 6. The summed E-state index contributed by atoms with van der Waals surface area (Å²) < 4.78 is 19.0. The molecular weight excluding hydrogens is 387 g/mol. The Morgan fingerprint density at radius 3 is 3.10 bits per heavy atom. The van der Waals surface area contributed by atoms with Crippen molar-refractivity contribution >= 4 is 29.0 Å². The summed E-state index contributed by atoms with van der Waals surface area (Å²) in [7, 11) is 0. The van der Waals surface area contributed by atoms with Crippen LogP contribution in [0.3, 0.4) is 0 Å². The standard InChI is InChI=1S/C21H21FN6O2/c1-2-18(29)28-10-9-14(12-28)25-20-19-21(24-13-23-20)27-17(26-19)8-5-11-30-16-7-4-3-6-15(16)22/h2-8,13-14H,1,9-12H2,(H2,23,24,25,26,27)/b8-5+. The van der Waals surface area contributed by atoms with Crippen molar-refractivity contribution in [1.29, 1.82) is 0 Å². The number of imidazole rings is 1. The predicted molar refractivity (Wildman–Crippen MR) is 111 cm³/mol. The smallest absolute Gasteiger partial charge is 0.246 e. The van der Waals surface area contributed by atoms with E-state index in [9.17, 15) is 9.18 Å². The molecule has 0 aliphatic carbocycles. The van der Waals surface area contributed by atoms with E-state index in [-0.39, 0.29) is 24.3 Å². The molecular formula is C21H21FN6O2. The molecule has 3 heterocycles. The molecule has 30 heavy (non-hydrogen) atoms. The lowest BCUT2D eigenvalue weighted by Crippen LogP contribution is -2.30. The number of anilines is 1. The molecule has 2 aromatic heterocycles. The van der Waals surface area contributed by atoms with Crippen LogP contribution in [0.15, 0.2) is 49.3 Å². The number of para-hydroxylation sites is 1. The average Bonchev–Trinajstić information content (AvgIpc) is 3.39. The van der Waals surface area contributed by atoms with Crippen molar-refractivity contribution in [3.8, 4) is 5.75 Å². The molecule has 1 aliphatic heterocycles. The van der Waals surface area contributed by atoms with E-state index in [1.165, 1.54) is 18.5 Å². The maximum absolute atomic E-state index is 13.6. The van der Waals surface area contributed by atoms with Crippen LogP contribution in [0.1, 0.15) is 12.2 Å². The number of nitrogens with zero attached hydrogens (tertiary/aromatic N) is 4. The fourth-order valence-electron chi connectivity index (χ4n) is 3.29. The minimum atomic E-state index is -0.402. The van der Waals surface area contributed by atoms with Gasteiger partial charge in [-0.25, -0.2) is 19.3 Å². The Hall–Kier alpha value is -3.75. The van der Waals surface area contributed by atoms with Crippen LogP contribution >= 0.6 is 0 Å². The van der Waals surface area contributed by atoms with Gasteiger partial charge in [-0.1, -0.05) is 18.7 Å². The van der Waals surface area contributed by atoms with Crippen LogP contribution < -0.4 is 10.1 Å². The second-order valence-electron chi connectivity index (χ2n) is 6.80. The van der Waals surface area contributed by atoms with E-state index in [1.807, 2.05) is 0 Å². The van der Waals surface area contributed by atoms with Crippen molar-refractivity contribution in [1.82, 2.24) is 24.8 Å². The van der Waals surface area contributed by atoms with Gasteiger partial charge in [-0.15, -0.1) is 0 Å². The van der Waals surface area contributed by atoms with Crippen LogP contribution in [-0.4, -0.2) is 56.5 Å². The van der Waals surface area contributed by atoms with Gasteiger partial charge in [-0.2, -0.15) is 0 Å². The van der Waals surface area contributed by atoms with E-state index in [0.717, 1.165) is 6.42 Å². The first-order valence-corrected chi connectivity index (χ1v) is 9.56. The Morgan fingerprint density at radius 1 is 1.40 bits per heavy atom. The van der Waals surface area contributed by atoms with Crippen LogP contribution in [0, 0.1) is 5.82 Å². The first-order valence-electron chi connectivity index (χ1n) is 9.56. The molecule has 1 aliphatic rings. The summed E-state index contributed by atoms with van der Waals surface area (Å²) in [6, 6.07) is 6.33. The van der Waals surface area contributed by atoms with Crippen LogP contribution in [-0.2, 0) is 4.79 Å². The average molecular weight is 408 g/mol. The van der Waals surface area contributed by atoms with Crippen molar-refractivity contribution in [3.63, 3.8) is 0 Å². The molecule has 0 saturated carbocycles. The molecule has 0 radical (unpaired) electrons. The highest BCUT2D eigenvalue weighted by Crippen LogP contribution is 2.21. The number of amides is 1. The molecule has 1 amide bonds. The highest BCUT2D eigenvalue weighted by Gasteiger charge is 2.25. The van der Waals surface area contributed by atoms with Gasteiger partial charge >= 0.3 is 0 Å². The number of aromatic amines is 1. The van der Waals surface area contributed by atoms with Crippen LogP contribution in [0.4, 0.5) is 10.2 Å². The third-order valence-corrected chi connectivity index (χ3v) is 4.76. The highest BCUT2D eigenvalue weighted by molar-refractivity contribution is 5.87. The molecule has 0 bridgehead atoms. The Bertz CT molecular complexity index is 1100. The molecule has 8 nitrogen and oxygen atoms in total. The van der Waals surface area contributed by atoms with Gasteiger partial charge in [0.2, 0.25) is 5.91 Å². The van der Waals surface area contributed by atoms with Crippen LogP contribution in [0.2, 0.25) is 0 Å². The number of carbonyl (C=O) groups excluding carboxylic acids is 1. The number of hydrogen-bond donors (Lipinski definition) is 2. The van der Waals surface area contributed by atoms with Gasteiger partial charge in [0.25, 0.3) is 0 Å². The summed E-state index contributed by atoms with van der Waals surface area (Å²) >= 11 is 0. The number of halogens is 1. The molecule has 1 saturated heterocycles. The number of fused-ring (bicyclic) bond motifs is 1. The quantitative estimate of drug-likeness (QED) is 0.584. The van der Waals surface area contributed by atoms with Gasteiger partial charge in [0.1, 0.15) is 18.8 Å². The third kappa shape index (κ3) is 4.29. The molecule has 4 rings (SSSR count). The minimum Gasteiger partial charge on any atom is -0.486 e. The number of nitrogens with one attached hydrogen (secondary N) is 2. The first-order chi connectivity index (χ1) is 14.6. The van der Waals surface area contributed by atoms with E-state index in [0.29, 0.717) is 35.9 Å². The predicted octanol–water partition coefficient (Wildman–Crippen LogP) is 2.78. The second-order valence-corrected chi connectivity index (χ2v) is 6.80. The van der Waals surface area contributed by atoms with Gasteiger partial charge in [0, 0.05) is 19.1 Å². The van der Waals surface area contributed by atoms with E-state index < -0.39 is 5.82 Å². The van der Waals surface area contributed by atoms with Crippen molar-refractivity contribution < 1.29 is 13.9 Å². The lowest BCUT2D eigenvalue weighted by Gasteiger charge is -2.15. The summed E-state index contributed by atoms with van der Waals surface area (Å²) in [5.74, 6) is 0.916. The van der Waals surface area contributed by atoms with Crippen molar-refractivity contribution in [2.24, 2.45) is 0 Å². The molecule has 1 atom stereocenters. The molecule has 1 fully saturated rings. The van der Waals surface area contributed by atoms with Crippen LogP contribution in [0.25, 0.3) is 17.2 Å². The normalized spacial score (nSPS) is 16.3. The summed E-state index contributed by atoms with van der Waals surface area (Å²) in [5.41, 5.74) is 1.21. The van der Waals surface area contributed by atoms with Crippen molar-refractivity contribution in [3.05, 3.63) is 61.0 Å². The number of likely N-dealkylation sites (tertiary alicyclic amines) is 1. The first kappa shape index (κ1) is 19.6. The fraction of sp³-hybridized carbons (Fsp3) is 0.238. The lowest BCUT2D eigenvalue weighted by atomic mass is 10.2. The minimum absolute atomic E-state index is 0.0723. The maximum Gasteiger partial charge on any atom is 0.246 e. The Labute approximate surface area is 172 Å². The lowest BCUT2D eigenvalue weighted by molar-refractivity contribution is -0.125. The van der Waals surface area contributed by atoms with Crippen molar-refractivity contribution in [2.45, 2.75) is 12.5 Å². The Morgan fingerprint density at radius 2 is 2.27 bits per heavy atom. The zero-order valence-corrected chi connectivity index (χ0v) is 16.2. The molecule has 2 N–H and O–H groups in total. The molecule has 3 aromatic rings. The number of ether oxygens (including phenoxy) is 1. The third-order valence-electron chi connectivity index (χ3n) is 4.76. The van der Waals surface area contributed by atoms with Gasteiger partial charge in [0.15, 0.2) is 28.5 Å². The molecule has 1 unspecified atom stereocenters. The number of rotatable bonds is 7. The van der Waals surface area contributed by atoms with Gasteiger partial charge < -0.3 is 19.9 Å². The van der Waals surface area contributed by atoms with E-state index in [4.69, 9.17) is 4.74 Å². The van der Waals surface area contributed by atoms with E-state index in [1.54, 1.807) is 35.3 Å². The number of H-pyrrole nitrogens is 1. The summed E-state index contributed by atoms with van der Waals surface area (Å²) in [6.07, 6.45) is 7.08. The summed E-state index contributed by atoms with van der Waals surface area (Å²) in [4.78, 5) is 29.7. The van der Waals surface area contributed by atoms with Gasteiger partial charge in [-0.3, -0.25) is 4.79 Å². The molecule has 1 aromatic carbocycles. The maximum atomic E-state index is 13.6. The second kappa shape index (κ2) is 8.73. The molecule has 9 heteroatoms. The number of carbonyl (C=O) groups is 1. The van der Waals surface area contributed by atoms with Gasteiger partial charge in [0.05, 0.1) is 0 Å². The summed E-state index contributed by atoms with van der Waals surface area (Å²) in [6.45, 7) is 4.99. The Kier molecular flexibility index (Phi) is 5.69. The SMILES string of the molecule is C=CC(=O)N1CCC(Nc2ncnc3[nH]c(/C=C/COc4ccccc4F)nc23)C1. The van der Waals surface area contributed by atoms with E-state index in [2.05, 4.69) is 31.8 Å². The monoisotopic (exact) mass is 408 g/mol. The molecule has 0 spiro atoms. The number of aromatic nitrogens is 4. The Balaban J connectivity index is 1.41.